The van der Waals surface area contributed by atoms with Gasteiger partial charge in [-0.05, 0) is 13.8 Å². The van der Waals surface area contributed by atoms with Crippen LogP contribution in [0.1, 0.15) is 13.8 Å². The van der Waals surface area contributed by atoms with Gasteiger partial charge < -0.3 is 25.2 Å². The minimum absolute atomic E-state index is 0.526. The summed E-state index contributed by atoms with van der Waals surface area (Å²) in [5.41, 5.74) is 0. The molecule has 0 saturated carbocycles. The van der Waals surface area contributed by atoms with Crippen LogP contribution in [-0.2, 0) is 4.74 Å². The van der Waals surface area contributed by atoms with Gasteiger partial charge in [0.15, 0.2) is 0 Å². The zero-order valence-corrected chi connectivity index (χ0v) is 8.18. The second kappa shape index (κ2) is 11.8. The molecule has 2 unspecified atom stereocenters. The van der Waals surface area contributed by atoms with Gasteiger partial charge in [0.1, 0.15) is 12.2 Å². The molecule has 0 saturated heterocycles. The lowest BCUT2D eigenvalue weighted by Crippen LogP contribution is -2.31. The van der Waals surface area contributed by atoms with Crippen LogP contribution in [0.2, 0.25) is 0 Å². The molecule has 0 aromatic rings. The maximum absolute atomic E-state index is 8.47. The van der Waals surface area contributed by atoms with E-state index in [9.17, 15) is 0 Å². The number of aliphatic hydroxyl groups is 4. The first kappa shape index (κ1) is 15.3. The summed E-state index contributed by atoms with van der Waals surface area (Å²) in [6.07, 6.45) is -2.44. The molecule has 0 radical (unpaired) electrons. The van der Waals surface area contributed by atoms with Gasteiger partial charge in [0.25, 0.3) is 0 Å². The van der Waals surface area contributed by atoms with Crippen LogP contribution in [0.3, 0.4) is 0 Å². The van der Waals surface area contributed by atoms with Crippen LogP contribution in [-0.4, -0.2) is 59.1 Å². The fraction of sp³-hybridized carbons (Fsp3) is 1.00. The molecule has 5 nitrogen and oxygen atoms in total. The van der Waals surface area contributed by atoms with E-state index >= 15 is 0 Å². The standard InChI is InChI=1S/C4H10O4.C4H10O/c5-1-3(7)4(8)2-6;1-3-5-4-2/h3-8H,1-2H2;3-4H2,1-2H3. The summed E-state index contributed by atoms with van der Waals surface area (Å²) in [7, 11) is 0. The molecule has 0 fully saturated rings. The van der Waals surface area contributed by atoms with Crippen molar-refractivity contribution in [3.63, 3.8) is 0 Å². The second-order valence-electron chi connectivity index (χ2n) is 2.28. The summed E-state index contributed by atoms with van der Waals surface area (Å²) >= 11 is 0. The Kier molecular flexibility index (Phi) is 13.9. The lowest BCUT2D eigenvalue weighted by Gasteiger charge is -2.10. The second-order valence-corrected chi connectivity index (χ2v) is 2.28. The predicted molar refractivity (Wildman–Crippen MR) is 48.4 cm³/mol. The summed E-state index contributed by atoms with van der Waals surface area (Å²) in [5, 5.41) is 33.2. The fourth-order valence-electron chi connectivity index (χ4n) is 0.447. The van der Waals surface area contributed by atoms with Crippen LogP contribution in [0.5, 0.6) is 0 Å². The van der Waals surface area contributed by atoms with E-state index in [1.165, 1.54) is 0 Å². The molecular weight excluding hydrogens is 176 g/mol. The summed E-state index contributed by atoms with van der Waals surface area (Å²) in [6, 6.07) is 0. The molecule has 0 aliphatic rings. The molecule has 0 spiro atoms. The van der Waals surface area contributed by atoms with Crippen molar-refractivity contribution in [2.24, 2.45) is 0 Å². The van der Waals surface area contributed by atoms with Crippen LogP contribution < -0.4 is 0 Å². The van der Waals surface area contributed by atoms with Gasteiger partial charge >= 0.3 is 0 Å². The fourth-order valence-corrected chi connectivity index (χ4v) is 0.447. The molecule has 0 amide bonds. The third-order valence-corrected chi connectivity index (χ3v) is 1.23. The molecule has 0 heterocycles. The van der Waals surface area contributed by atoms with E-state index in [0.717, 1.165) is 13.2 Å². The highest BCUT2D eigenvalue weighted by molar-refractivity contribution is 4.62. The first-order valence-electron chi connectivity index (χ1n) is 4.29. The number of hydrogen-bond acceptors (Lipinski definition) is 5. The van der Waals surface area contributed by atoms with Gasteiger partial charge in [-0.25, -0.2) is 0 Å². The van der Waals surface area contributed by atoms with Gasteiger partial charge in [-0.3, -0.25) is 0 Å². The Morgan fingerprint density at radius 3 is 1.31 bits per heavy atom. The monoisotopic (exact) mass is 196 g/mol. The van der Waals surface area contributed by atoms with Crippen molar-refractivity contribution in [2.45, 2.75) is 26.1 Å². The summed E-state index contributed by atoms with van der Waals surface area (Å²) < 4.78 is 4.83. The molecule has 82 valence electrons. The lowest BCUT2D eigenvalue weighted by atomic mass is 10.2. The first-order chi connectivity index (χ1) is 6.13. The van der Waals surface area contributed by atoms with E-state index in [2.05, 4.69) is 0 Å². The van der Waals surface area contributed by atoms with E-state index in [4.69, 9.17) is 25.2 Å². The highest BCUT2D eigenvalue weighted by atomic mass is 16.5. The topological polar surface area (TPSA) is 90.2 Å². The first-order valence-corrected chi connectivity index (χ1v) is 4.29. The van der Waals surface area contributed by atoms with Gasteiger partial charge in [-0.15, -0.1) is 0 Å². The molecule has 5 heteroatoms. The van der Waals surface area contributed by atoms with Crippen molar-refractivity contribution in [3.8, 4) is 0 Å². The van der Waals surface area contributed by atoms with Gasteiger partial charge in [0.05, 0.1) is 13.2 Å². The van der Waals surface area contributed by atoms with Crippen molar-refractivity contribution in [2.75, 3.05) is 26.4 Å². The predicted octanol–water partition coefficient (Wildman–Crippen LogP) is -1.26. The molecule has 0 bridgehead atoms. The number of aliphatic hydroxyl groups excluding tert-OH is 4. The SMILES string of the molecule is CCOCC.OCC(O)C(O)CO. The Hall–Kier alpha value is -0.200. The maximum Gasteiger partial charge on any atom is 0.105 e. The number of rotatable bonds is 5. The number of hydrogen-bond donors (Lipinski definition) is 4. The molecule has 0 aromatic heterocycles. The minimum Gasteiger partial charge on any atom is -0.394 e. The smallest absolute Gasteiger partial charge is 0.105 e. The Bertz CT molecular complexity index is 78.6. The Morgan fingerprint density at radius 1 is 0.923 bits per heavy atom. The minimum atomic E-state index is -1.22. The van der Waals surface area contributed by atoms with Crippen LogP contribution in [0.15, 0.2) is 0 Å². The summed E-state index contributed by atoms with van der Waals surface area (Å²) in [5.74, 6) is 0. The van der Waals surface area contributed by atoms with Crippen LogP contribution >= 0.6 is 0 Å². The van der Waals surface area contributed by atoms with Crippen molar-refractivity contribution in [3.05, 3.63) is 0 Å². The lowest BCUT2D eigenvalue weighted by molar-refractivity contribution is -0.0388. The summed E-state index contributed by atoms with van der Waals surface area (Å²) in [6.45, 7) is 4.61. The maximum atomic E-state index is 8.47. The third-order valence-electron chi connectivity index (χ3n) is 1.23. The zero-order chi connectivity index (χ0) is 10.7. The van der Waals surface area contributed by atoms with E-state index < -0.39 is 25.4 Å². The molecular formula is C8H20O5. The van der Waals surface area contributed by atoms with Crippen molar-refractivity contribution < 1.29 is 25.2 Å². The normalized spacial score (nSPS) is 14.3. The van der Waals surface area contributed by atoms with Crippen LogP contribution in [0, 0.1) is 0 Å². The van der Waals surface area contributed by atoms with Gasteiger partial charge in [0, 0.05) is 13.2 Å². The Labute approximate surface area is 78.6 Å². The largest absolute Gasteiger partial charge is 0.394 e. The average Bonchev–Trinajstić information content (AvgIpc) is 2.17. The molecule has 0 aliphatic carbocycles. The van der Waals surface area contributed by atoms with Gasteiger partial charge in [-0.1, -0.05) is 0 Å². The molecule has 0 aromatic carbocycles. The number of ether oxygens (including phenoxy) is 1. The van der Waals surface area contributed by atoms with E-state index in [1.54, 1.807) is 0 Å². The van der Waals surface area contributed by atoms with Crippen molar-refractivity contribution >= 4 is 0 Å². The molecule has 4 N–H and O–H groups in total. The third kappa shape index (κ3) is 11.8. The molecule has 0 rings (SSSR count). The Morgan fingerprint density at radius 2 is 1.23 bits per heavy atom. The summed E-state index contributed by atoms with van der Waals surface area (Å²) in [4.78, 5) is 0. The van der Waals surface area contributed by atoms with Crippen LogP contribution in [0.25, 0.3) is 0 Å². The van der Waals surface area contributed by atoms with E-state index in [1.807, 2.05) is 13.8 Å². The molecule has 13 heavy (non-hydrogen) atoms. The van der Waals surface area contributed by atoms with Crippen LogP contribution in [0.4, 0.5) is 0 Å². The van der Waals surface area contributed by atoms with Gasteiger partial charge in [0.2, 0.25) is 0 Å². The van der Waals surface area contributed by atoms with Crippen molar-refractivity contribution in [1.82, 2.24) is 0 Å². The van der Waals surface area contributed by atoms with E-state index in [0.29, 0.717) is 0 Å². The average molecular weight is 196 g/mol. The quantitative estimate of drug-likeness (QED) is 0.440. The van der Waals surface area contributed by atoms with E-state index in [-0.39, 0.29) is 0 Å². The van der Waals surface area contributed by atoms with Crippen molar-refractivity contribution in [1.29, 1.82) is 0 Å². The van der Waals surface area contributed by atoms with Gasteiger partial charge in [-0.2, -0.15) is 0 Å². The Balaban J connectivity index is 0. The molecule has 2 atom stereocenters. The molecule has 0 aliphatic heterocycles. The highest BCUT2D eigenvalue weighted by Crippen LogP contribution is 1.88. The highest BCUT2D eigenvalue weighted by Gasteiger charge is 2.12. The zero-order valence-electron chi connectivity index (χ0n) is 8.18.